The Morgan fingerprint density at radius 1 is 1.00 bits per heavy atom. The number of hydrogen-bond acceptors (Lipinski definition) is 6. The predicted octanol–water partition coefficient (Wildman–Crippen LogP) is 0.136. The van der Waals surface area contributed by atoms with E-state index in [9.17, 15) is 4.79 Å². The molecule has 7 heavy (non-hydrogen) atoms. The SMILES string of the molecule is O=c1ooooo1. The highest BCUT2D eigenvalue weighted by Crippen LogP contribution is 1.72. The van der Waals surface area contributed by atoms with Crippen LogP contribution in [0.25, 0.3) is 0 Å². The van der Waals surface area contributed by atoms with Crippen LogP contribution in [0.3, 0.4) is 0 Å². The fourth-order valence-corrected chi connectivity index (χ4v) is 0.109. The van der Waals surface area contributed by atoms with Crippen LogP contribution < -0.4 is 5.82 Å². The Morgan fingerprint density at radius 2 is 1.57 bits per heavy atom. The molecule has 0 aliphatic rings. The zero-order valence-electron chi connectivity index (χ0n) is 2.95. The maximum atomic E-state index is 9.69. The molecule has 1 aromatic heterocycles. The van der Waals surface area contributed by atoms with Gasteiger partial charge in [-0.05, 0) is 14.2 Å². The van der Waals surface area contributed by atoms with Crippen LogP contribution in [0.1, 0.15) is 0 Å². The lowest BCUT2D eigenvalue weighted by molar-refractivity contribution is -0.414. The molecule has 40 valence electrons. The summed E-state index contributed by atoms with van der Waals surface area (Å²) in [4.78, 5) is 9.69. The van der Waals surface area contributed by atoms with E-state index in [4.69, 9.17) is 0 Å². The molecule has 1 aromatic rings. The van der Waals surface area contributed by atoms with Gasteiger partial charge in [-0.1, -0.05) is 0 Å². The Kier molecular flexibility index (Phi) is 0.777. The second kappa shape index (κ2) is 1.41. The van der Waals surface area contributed by atoms with E-state index < -0.39 is 5.82 Å². The van der Waals surface area contributed by atoms with E-state index in [2.05, 4.69) is 23.4 Å². The predicted molar refractivity (Wildman–Crippen MR) is 11.7 cm³/mol. The molecule has 0 saturated carbocycles. The number of hydrogen-bond donors (Lipinski definition) is 0. The second-order valence-electron chi connectivity index (χ2n) is 0.621. The molecule has 0 aliphatic heterocycles. The van der Waals surface area contributed by atoms with Gasteiger partial charge in [0.15, 0.2) is 0 Å². The van der Waals surface area contributed by atoms with Crippen LogP contribution in [0, 0.1) is 0 Å². The van der Waals surface area contributed by atoms with Gasteiger partial charge in [-0.3, -0.25) is 0 Å². The average Bonchev–Trinajstić information content (AvgIpc) is 1.69. The van der Waals surface area contributed by atoms with Gasteiger partial charge < -0.3 is 0 Å². The van der Waals surface area contributed by atoms with Crippen molar-refractivity contribution in [1.82, 2.24) is 0 Å². The first-order valence-corrected chi connectivity index (χ1v) is 1.28. The van der Waals surface area contributed by atoms with Gasteiger partial charge in [-0.15, -0.1) is 0 Å². The van der Waals surface area contributed by atoms with Crippen molar-refractivity contribution in [3.05, 3.63) is 10.6 Å². The van der Waals surface area contributed by atoms with E-state index in [1.54, 1.807) is 0 Å². The van der Waals surface area contributed by atoms with Gasteiger partial charge in [0.2, 0.25) is 0 Å². The molecular formula is CO6. The lowest BCUT2D eigenvalue weighted by Crippen LogP contribution is -1.90. The first kappa shape index (κ1) is 3.85. The van der Waals surface area contributed by atoms with Gasteiger partial charge >= 0.3 is 5.82 Å². The summed E-state index contributed by atoms with van der Waals surface area (Å²) in [6.45, 7) is 0. The molecule has 0 N–H and O–H groups in total. The van der Waals surface area contributed by atoms with Crippen molar-refractivity contribution in [2.45, 2.75) is 0 Å². The zero-order valence-corrected chi connectivity index (χ0v) is 2.95. The minimum atomic E-state index is -1.11. The summed E-state index contributed by atoms with van der Waals surface area (Å²) >= 11 is 0. The van der Waals surface area contributed by atoms with Crippen molar-refractivity contribution < 1.29 is 23.4 Å². The summed E-state index contributed by atoms with van der Waals surface area (Å²) in [5.41, 5.74) is 0. The van der Waals surface area contributed by atoms with Gasteiger partial charge in [0.05, 0.1) is 0 Å². The van der Waals surface area contributed by atoms with Gasteiger partial charge in [-0.25, -0.2) is 0 Å². The lowest BCUT2D eigenvalue weighted by atomic mass is 11.6. The summed E-state index contributed by atoms with van der Waals surface area (Å²) in [6.07, 6.45) is 0. The molecule has 0 unspecified atom stereocenters. The molecule has 1 heterocycles. The van der Waals surface area contributed by atoms with Crippen molar-refractivity contribution in [1.29, 1.82) is 0 Å². The molecule has 6 heteroatoms. The van der Waals surface area contributed by atoms with Crippen LogP contribution in [0.2, 0.25) is 0 Å². The molecule has 0 aliphatic carbocycles. The molecule has 0 amide bonds. The van der Waals surface area contributed by atoms with Crippen molar-refractivity contribution in [2.24, 2.45) is 0 Å². The molecule has 1 rings (SSSR count). The molecule has 0 saturated heterocycles. The molecule has 0 fully saturated rings. The topological polar surface area (TPSA) is 82.8 Å². The Balaban J connectivity index is 3.28. The van der Waals surface area contributed by atoms with Crippen molar-refractivity contribution in [3.63, 3.8) is 0 Å². The van der Waals surface area contributed by atoms with E-state index in [1.165, 1.54) is 0 Å². The molecule has 6 nitrogen and oxygen atoms in total. The van der Waals surface area contributed by atoms with Crippen LogP contribution in [-0.4, -0.2) is 0 Å². The Morgan fingerprint density at radius 3 is 1.86 bits per heavy atom. The third kappa shape index (κ3) is 0.748. The highest BCUT2D eigenvalue weighted by atomic mass is 17.5. The van der Waals surface area contributed by atoms with E-state index in [-0.39, 0.29) is 0 Å². The third-order valence-corrected chi connectivity index (χ3v) is 0.260. The first-order chi connectivity index (χ1) is 3.39. The van der Waals surface area contributed by atoms with E-state index >= 15 is 0 Å². The zero-order chi connectivity index (χ0) is 5.11. The van der Waals surface area contributed by atoms with Crippen LogP contribution in [0.5, 0.6) is 0 Å². The summed E-state index contributed by atoms with van der Waals surface area (Å²) in [6, 6.07) is 0. The average molecular weight is 108 g/mol. The lowest BCUT2D eigenvalue weighted by Gasteiger charge is -1.66. The summed E-state index contributed by atoms with van der Waals surface area (Å²) in [5, 5.41) is 0. The van der Waals surface area contributed by atoms with Crippen molar-refractivity contribution in [2.75, 3.05) is 0 Å². The Labute approximate surface area is 35.3 Å². The molecule has 0 atom stereocenters. The molecule has 0 bridgehead atoms. The normalized spacial score (nSPS) is 8.57. The second-order valence-corrected chi connectivity index (χ2v) is 0.621. The molecule has 0 radical (unpaired) electrons. The number of rotatable bonds is 0. The maximum Gasteiger partial charge on any atom is 0.597 e. The van der Waals surface area contributed by atoms with E-state index in [0.29, 0.717) is 0 Å². The van der Waals surface area contributed by atoms with Gasteiger partial charge in [0, 0.05) is 0 Å². The first-order valence-electron chi connectivity index (χ1n) is 1.28. The highest BCUT2D eigenvalue weighted by Gasteiger charge is 1.82. The minimum absolute atomic E-state index is 1.11. The molecule has 0 aromatic carbocycles. The van der Waals surface area contributed by atoms with Crippen LogP contribution >= 0.6 is 0 Å². The Bertz CT molecular complexity index is 170. The fourth-order valence-electron chi connectivity index (χ4n) is 0.109. The minimum Gasteiger partial charge on any atom is -0.197 e. The summed E-state index contributed by atoms with van der Waals surface area (Å²) < 4.78 is 17.6. The van der Waals surface area contributed by atoms with Crippen LogP contribution in [0.15, 0.2) is 28.2 Å². The summed E-state index contributed by atoms with van der Waals surface area (Å²) in [7, 11) is 0. The van der Waals surface area contributed by atoms with Crippen molar-refractivity contribution in [3.8, 4) is 0 Å². The third-order valence-electron chi connectivity index (χ3n) is 0.260. The van der Waals surface area contributed by atoms with E-state index in [0.717, 1.165) is 0 Å². The highest BCUT2D eigenvalue weighted by molar-refractivity contribution is 4.12. The summed E-state index contributed by atoms with van der Waals surface area (Å²) in [5.74, 6) is -1.11. The van der Waals surface area contributed by atoms with Crippen LogP contribution in [-0.2, 0) is 0 Å². The van der Waals surface area contributed by atoms with E-state index in [1.807, 2.05) is 0 Å². The quantitative estimate of drug-likeness (QED) is 0.439. The molecule has 0 spiro atoms. The fraction of sp³-hybridized carbons (Fsp3) is 0. The largest absolute Gasteiger partial charge is 0.597 e. The maximum absolute atomic E-state index is 9.69. The van der Waals surface area contributed by atoms with Crippen LogP contribution in [0.4, 0.5) is 0 Å². The standard InChI is InChI=1S/CO6/c2-1-3-5-7-6-4-1. The Hall–Kier alpha value is -1.33. The van der Waals surface area contributed by atoms with Gasteiger partial charge in [-0.2, -0.15) is 13.9 Å². The van der Waals surface area contributed by atoms with Gasteiger partial charge in [0.25, 0.3) is 0 Å². The van der Waals surface area contributed by atoms with Crippen molar-refractivity contribution >= 4 is 0 Å². The molecular weight excluding hydrogens is 108 g/mol. The monoisotopic (exact) mass is 108 g/mol. The van der Waals surface area contributed by atoms with Gasteiger partial charge in [0.1, 0.15) is 0 Å². The smallest absolute Gasteiger partial charge is 0.197 e.